The van der Waals surface area contributed by atoms with E-state index < -0.39 is 0 Å². The van der Waals surface area contributed by atoms with Crippen molar-refractivity contribution in [3.05, 3.63) is 51.1 Å². The Bertz CT molecular complexity index is 835. The number of carbonyl (C=O) groups excluding carboxylic acids is 3. The number of halogens is 1. The van der Waals surface area contributed by atoms with Crippen molar-refractivity contribution in [1.82, 2.24) is 15.8 Å². The molecule has 28 heavy (non-hydrogen) atoms. The highest BCUT2D eigenvalue weighted by Crippen LogP contribution is 2.22. The second-order valence-corrected chi connectivity index (χ2v) is 8.77. The minimum absolute atomic E-state index is 0.0205. The lowest BCUT2D eigenvalue weighted by atomic mass is 9.96. The summed E-state index contributed by atoms with van der Waals surface area (Å²) in [6.45, 7) is 0.953. The number of benzene rings is 1. The first-order valence-electron chi connectivity index (χ1n) is 8.84. The van der Waals surface area contributed by atoms with Gasteiger partial charge in [-0.25, -0.2) is 0 Å². The molecule has 2 heterocycles. The molecule has 2 aromatic rings. The number of nitrogens with one attached hydrogen (secondary N) is 2. The van der Waals surface area contributed by atoms with Crippen LogP contribution >= 0.6 is 27.3 Å². The van der Waals surface area contributed by atoms with Gasteiger partial charge < -0.3 is 9.64 Å². The molecular weight excluding hydrogens is 446 g/mol. The van der Waals surface area contributed by atoms with Gasteiger partial charge >= 0.3 is 0 Å². The summed E-state index contributed by atoms with van der Waals surface area (Å²) >= 11 is 4.58. The fourth-order valence-electron chi connectivity index (χ4n) is 2.86. The predicted octanol–water partition coefficient (Wildman–Crippen LogP) is 2.59. The Morgan fingerprint density at radius 3 is 2.43 bits per heavy atom. The zero-order valence-corrected chi connectivity index (χ0v) is 17.4. The van der Waals surface area contributed by atoms with E-state index in [4.69, 9.17) is 4.74 Å². The van der Waals surface area contributed by atoms with Crippen molar-refractivity contribution in [2.45, 2.75) is 12.8 Å². The van der Waals surface area contributed by atoms with Gasteiger partial charge in [0.25, 0.3) is 11.8 Å². The van der Waals surface area contributed by atoms with Gasteiger partial charge in [0.05, 0.1) is 8.66 Å². The van der Waals surface area contributed by atoms with Crippen LogP contribution in [0, 0.1) is 5.92 Å². The van der Waals surface area contributed by atoms with E-state index in [-0.39, 0.29) is 30.2 Å². The summed E-state index contributed by atoms with van der Waals surface area (Å²) in [5.41, 5.74) is 4.91. The summed E-state index contributed by atoms with van der Waals surface area (Å²) in [5.74, 6) is -0.279. The zero-order chi connectivity index (χ0) is 19.9. The summed E-state index contributed by atoms with van der Waals surface area (Å²) < 4.78 is 6.33. The minimum Gasteiger partial charge on any atom is -0.484 e. The molecule has 1 aromatic carbocycles. The van der Waals surface area contributed by atoms with Gasteiger partial charge in [-0.05, 0) is 53.0 Å². The van der Waals surface area contributed by atoms with E-state index in [0.29, 0.717) is 36.6 Å². The molecule has 9 heteroatoms. The zero-order valence-electron chi connectivity index (χ0n) is 15.0. The Kier molecular flexibility index (Phi) is 7.05. The molecule has 3 rings (SSSR count). The first-order chi connectivity index (χ1) is 13.5. The molecule has 0 bridgehead atoms. The van der Waals surface area contributed by atoms with Gasteiger partial charge in [0.15, 0.2) is 6.61 Å². The van der Waals surface area contributed by atoms with Crippen LogP contribution in [-0.4, -0.2) is 42.3 Å². The van der Waals surface area contributed by atoms with Crippen LogP contribution in [0.1, 0.15) is 22.5 Å². The number of amides is 3. The van der Waals surface area contributed by atoms with E-state index >= 15 is 0 Å². The third-order valence-corrected chi connectivity index (χ3v) is 6.04. The number of para-hydroxylation sites is 1. The van der Waals surface area contributed by atoms with Crippen molar-refractivity contribution in [2.75, 3.05) is 19.7 Å². The molecule has 0 radical (unpaired) electrons. The first kappa shape index (κ1) is 20.3. The molecule has 0 unspecified atom stereocenters. The Hall–Kier alpha value is -2.39. The first-order valence-corrected chi connectivity index (χ1v) is 10.4. The van der Waals surface area contributed by atoms with Crippen molar-refractivity contribution in [3.63, 3.8) is 0 Å². The molecule has 0 spiro atoms. The molecule has 1 aliphatic heterocycles. The summed E-state index contributed by atoms with van der Waals surface area (Å²) in [6.07, 6.45) is 1.09. The maximum Gasteiger partial charge on any atom is 0.279 e. The topological polar surface area (TPSA) is 87.7 Å². The number of rotatable bonds is 5. The molecule has 148 valence electrons. The third-order valence-electron chi connectivity index (χ3n) is 4.42. The van der Waals surface area contributed by atoms with Gasteiger partial charge in [-0.2, -0.15) is 0 Å². The SMILES string of the molecule is O=C(NNC(=O)C1CCN(C(=O)COc2ccccc2)CC1)c1ccc(Br)s1. The highest BCUT2D eigenvalue weighted by molar-refractivity contribution is 9.11. The average Bonchev–Trinajstić information content (AvgIpc) is 3.17. The minimum atomic E-state index is -0.352. The van der Waals surface area contributed by atoms with Gasteiger partial charge in [-0.3, -0.25) is 25.2 Å². The van der Waals surface area contributed by atoms with Crippen molar-refractivity contribution in [3.8, 4) is 5.75 Å². The van der Waals surface area contributed by atoms with Crippen LogP contribution in [0.15, 0.2) is 46.3 Å². The Labute approximate surface area is 175 Å². The Balaban J connectivity index is 1.38. The van der Waals surface area contributed by atoms with Crippen molar-refractivity contribution in [2.24, 2.45) is 5.92 Å². The standard InChI is InChI=1S/C19H20BrN3O4S/c20-16-7-6-15(28-16)19(26)22-21-18(25)13-8-10-23(11-9-13)17(24)12-27-14-4-2-1-3-5-14/h1-7,13H,8-12H2,(H,21,25)(H,22,26). The maximum absolute atomic E-state index is 12.3. The molecule has 3 amide bonds. The molecule has 1 fully saturated rings. The van der Waals surface area contributed by atoms with Crippen LogP contribution < -0.4 is 15.6 Å². The smallest absolute Gasteiger partial charge is 0.279 e. The second kappa shape index (κ2) is 9.70. The van der Waals surface area contributed by atoms with Gasteiger partial charge in [0, 0.05) is 19.0 Å². The fourth-order valence-corrected chi connectivity index (χ4v) is 4.14. The van der Waals surface area contributed by atoms with Gasteiger partial charge in [0.2, 0.25) is 5.91 Å². The van der Waals surface area contributed by atoms with Gasteiger partial charge in [-0.1, -0.05) is 18.2 Å². The number of likely N-dealkylation sites (tertiary alicyclic amines) is 1. The van der Waals surface area contributed by atoms with Crippen LogP contribution in [0.25, 0.3) is 0 Å². The molecule has 0 aliphatic carbocycles. The second-order valence-electron chi connectivity index (χ2n) is 6.30. The van der Waals surface area contributed by atoms with Crippen LogP contribution in [0.3, 0.4) is 0 Å². The maximum atomic E-state index is 12.3. The summed E-state index contributed by atoms with van der Waals surface area (Å²) in [5, 5.41) is 0. The van der Waals surface area contributed by atoms with Crippen molar-refractivity contribution < 1.29 is 19.1 Å². The number of ether oxygens (including phenoxy) is 1. The number of thiophene rings is 1. The largest absolute Gasteiger partial charge is 0.484 e. The molecule has 1 aromatic heterocycles. The number of hydrogen-bond acceptors (Lipinski definition) is 5. The molecule has 1 aliphatic rings. The van der Waals surface area contributed by atoms with Crippen LogP contribution in [0.5, 0.6) is 5.75 Å². The lowest BCUT2D eigenvalue weighted by Gasteiger charge is -2.31. The van der Waals surface area contributed by atoms with E-state index in [2.05, 4.69) is 26.8 Å². The lowest BCUT2D eigenvalue weighted by Crippen LogP contribution is -2.48. The van der Waals surface area contributed by atoms with Gasteiger partial charge in [-0.15, -0.1) is 11.3 Å². The molecule has 0 saturated carbocycles. The van der Waals surface area contributed by atoms with Crippen molar-refractivity contribution in [1.29, 1.82) is 0 Å². The fraction of sp³-hybridized carbons (Fsp3) is 0.316. The van der Waals surface area contributed by atoms with E-state index in [1.165, 1.54) is 11.3 Å². The van der Waals surface area contributed by atoms with Crippen LogP contribution in [0.4, 0.5) is 0 Å². The summed E-state index contributed by atoms with van der Waals surface area (Å²) in [7, 11) is 0. The van der Waals surface area contributed by atoms with Crippen LogP contribution in [0.2, 0.25) is 0 Å². The highest BCUT2D eigenvalue weighted by atomic mass is 79.9. The van der Waals surface area contributed by atoms with Gasteiger partial charge in [0.1, 0.15) is 5.75 Å². The number of carbonyl (C=O) groups is 3. The summed E-state index contributed by atoms with van der Waals surface area (Å²) in [6, 6.07) is 12.6. The van der Waals surface area contributed by atoms with E-state index in [9.17, 15) is 14.4 Å². The van der Waals surface area contributed by atoms with E-state index in [1.54, 1.807) is 29.2 Å². The van der Waals surface area contributed by atoms with Crippen molar-refractivity contribution >= 4 is 45.0 Å². The highest BCUT2D eigenvalue weighted by Gasteiger charge is 2.27. The summed E-state index contributed by atoms with van der Waals surface area (Å²) in [4.78, 5) is 38.7. The monoisotopic (exact) mass is 465 g/mol. The predicted molar refractivity (Wildman–Crippen MR) is 109 cm³/mol. The quantitative estimate of drug-likeness (QED) is 0.664. The molecule has 2 N–H and O–H groups in total. The molecule has 0 atom stereocenters. The van der Waals surface area contributed by atoms with E-state index in [1.807, 2.05) is 18.2 Å². The Morgan fingerprint density at radius 1 is 1.07 bits per heavy atom. The normalized spacial score (nSPS) is 14.4. The third kappa shape index (κ3) is 5.56. The Morgan fingerprint density at radius 2 is 1.79 bits per heavy atom. The number of hydrazine groups is 1. The van der Waals surface area contributed by atoms with E-state index in [0.717, 1.165) is 3.79 Å². The lowest BCUT2D eigenvalue weighted by molar-refractivity contribution is -0.137. The molecule has 7 nitrogen and oxygen atoms in total. The average molecular weight is 466 g/mol. The number of piperidine rings is 1. The number of nitrogens with zero attached hydrogens (tertiary/aromatic N) is 1. The number of hydrogen-bond donors (Lipinski definition) is 2. The molecule has 1 saturated heterocycles. The van der Waals surface area contributed by atoms with Crippen LogP contribution in [-0.2, 0) is 9.59 Å². The molecular formula is C19H20BrN3O4S.